The van der Waals surface area contributed by atoms with Crippen molar-refractivity contribution in [3.8, 4) is 11.3 Å². The summed E-state index contributed by atoms with van der Waals surface area (Å²) in [4.78, 5) is 19.0. The van der Waals surface area contributed by atoms with Crippen molar-refractivity contribution in [3.05, 3.63) is 35.7 Å². The molecule has 0 aliphatic carbocycles. The normalized spacial score (nSPS) is 17.9. The molecule has 0 spiro atoms. The maximum absolute atomic E-state index is 12.6. The maximum atomic E-state index is 12.6. The predicted molar refractivity (Wildman–Crippen MR) is 86.6 cm³/mol. The van der Waals surface area contributed by atoms with E-state index in [1.165, 1.54) is 11.3 Å². The summed E-state index contributed by atoms with van der Waals surface area (Å²) in [7, 11) is 0. The van der Waals surface area contributed by atoms with Gasteiger partial charge in [-0.1, -0.05) is 30.3 Å². The summed E-state index contributed by atoms with van der Waals surface area (Å²) in [5, 5.41) is 6.07. The number of anilines is 1. The molecule has 4 nitrogen and oxygen atoms in total. The molecular weight excluding hydrogens is 282 g/mol. The zero-order valence-corrected chi connectivity index (χ0v) is 12.9. The Balaban J connectivity index is 1.81. The minimum atomic E-state index is 0.0917. The van der Waals surface area contributed by atoms with Crippen LogP contribution in [-0.2, 0) is 4.79 Å². The van der Waals surface area contributed by atoms with Crippen LogP contribution in [0.3, 0.4) is 0 Å². The van der Waals surface area contributed by atoms with Crippen LogP contribution in [0.15, 0.2) is 35.7 Å². The lowest BCUT2D eigenvalue weighted by Crippen LogP contribution is -2.36. The van der Waals surface area contributed by atoms with Crippen molar-refractivity contribution in [2.75, 3.05) is 24.5 Å². The van der Waals surface area contributed by atoms with E-state index in [1.807, 2.05) is 47.5 Å². The van der Waals surface area contributed by atoms with Crippen LogP contribution < -0.4 is 10.2 Å². The first-order valence-electron chi connectivity index (χ1n) is 7.32. The van der Waals surface area contributed by atoms with Gasteiger partial charge in [0.05, 0.1) is 11.6 Å². The highest BCUT2D eigenvalue weighted by Crippen LogP contribution is 2.28. The third-order valence-electron chi connectivity index (χ3n) is 3.78. The van der Waals surface area contributed by atoms with Gasteiger partial charge >= 0.3 is 0 Å². The molecule has 0 radical (unpaired) electrons. The molecule has 3 rings (SSSR count). The highest BCUT2D eigenvalue weighted by Gasteiger charge is 2.28. The van der Waals surface area contributed by atoms with Crippen LogP contribution in [0.5, 0.6) is 0 Å². The van der Waals surface area contributed by atoms with E-state index in [9.17, 15) is 4.79 Å². The van der Waals surface area contributed by atoms with Crippen molar-refractivity contribution in [2.24, 2.45) is 5.92 Å². The van der Waals surface area contributed by atoms with Crippen molar-refractivity contribution in [2.45, 2.75) is 13.3 Å². The Morgan fingerprint density at radius 2 is 2.24 bits per heavy atom. The van der Waals surface area contributed by atoms with Crippen molar-refractivity contribution >= 4 is 22.4 Å². The van der Waals surface area contributed by atoms with Gasteiger partial charge in [0.25, 0.3) is 0 Å². The van der Waals surface area contributed by atoms with Gasteiger partial charge in [-0.3, -0.25) is 9.69 Å². The van der Waals surface area contributed by atoms with Gasteiger partial charge < -0.3 is 5.32 Å². The van der Waals surface area contributed by atoms with Gasteiger partial charge in [0.2, 0.25) is 5.91 Å². The average Bonchev–Trinajstić information content (AvgIpc) is 3.21. The van der Waals surface area contributed by atoms with Gasteiger partial charge in [-0.25, -0.2) is 4.98 Å². The highest BCUT2D eigenvalue weighted by atomic mass is 32.1. The molecule has 1 saturated heterocycles. The minimum Gasteiger partial charge on any atom is -0.316 e. The number of nitrogens with zero attached hydrogens (tertiary/aromatic N) is 2. The Labute approximate surface area is 128 Å². The van der Waals surface area contributed by atoms with Crippen molar-refractivity contribution in [3.63, 3.8) is 0 Å². The Hall–Kier alpha value is -1.72. The molecule has 21 heavy (non-hydrogen) atoms. The molecule has 1 atom stereocenters. The van der Waals surface area contributed by atoms with Gasteiger partial charge in [-0.2, -0.15) is 0 Å². The molecule has 0 saturated carbocycles. The Morgan fingerprint density at radius 3 is 2.90 bits per heavy atom. The number of nitrogens with one attached hydrogen (secondary N) is 1. The number of aromatic nitrogens is 1. The van der Waals surface area contributed by atoms with Crippen LogP contribution in [0.4, 0.5) is 5.13 Å². The predicted octanol–water partition coefficient (Wildman–Crippen LogP) is 2.77. The van der Waals surface area contributed by atoms with E-state index in [0.717, 1.165) is 35.9 Å². The third kappa shape index (κ3) is 2.99. The molecule has 110 valence electrons. The van der Waals surface area contributed by atoms with E-state index in [-0.39, 0.29) is 11.8 Å². The zero-order chi connectivity index (χ0) is 14.7. The quantitative estimate of drug-likeness (QED) is 0.944. The third-order valence-corrected chi connectivity index (χ3v) is 4.65. The molecule has 2 aromatic rings. The molecule has 1 fully saturated rings. The number of rotatable bonds is 4. The first kappa shape index (κ1) is 14.2. The molecular formula is C16H19N3OS. The maximum Gasteiger partial charge on any atom is 0.233 e. The second-order valence-corrected chi connectivity index (χ2v) is 5.99. The van der Waals surface area contributed by atoms with E-state index in [0.29, 0.717) is 6.54 Å². The van der Waals surface area contributed by atoms with Crippen LogP contribution in [0.1, 0.15) is 13.3 Å². The van der Waals surface area contributed by atoms with E-state index < -0.39 is 0 Å². The van der Waals surface area contributed by atoms with Crippen LogP contribution in [0.25, 0.3) is 11.3 Å². The standard InChI is InChI=1S/C16H19N3OS/c1-2-19(15(20)13-8-9-17-10-13)16-18-14(11-21-16)12-6-4-3-5-7-12/h3-7,11,13,17H,2,8-10H2,1H3. The highest BCUT2D eigenvalue weighted by molar-refractivity contribution is 7.14. The molecule has 0 bridgehead atoms. The summed E-state index contributed by atoms with van der Waals surface area (Å²) in [5.74, 6) is 0.283. The molecule has 1 amide bonds. The first-order valence-corrected chi connectivity index (χ1v) is 8.20. The number of thiazole rings is 1. The lowest BCUT2D eigenvalue weighted by atomic mass is 10.1. The minimum absolute atomic E-state index is 0.0917. The second kappa shape index (κ2) is 6.37. The zero-order valence-electron chi connectivity index (χ0n) is 12.1. The topological polar surface area (TPSA) is 45.2 Å². The first-order chi connectivity index (χ1) is 10.3. The Bertz CT molecular complexity index is 605. The fraction of sp³-hybridized carbons (Fsp3) is 0.375. The monoisotopic (exact) mass is 301 g/mol. The number of amides is 1. The number of hydrogen-bond donors (Lipinski definition) is 1. The summed E-state index contributed by atoms with van der Waals surface area (Å²) in [6.07, 6.45) is 0.923. The van der Waals surface area contributed by atoms with E-state index in [4.69, 9.17) is 0 Å². The van der Waals surface area contributed by atoms with Gasteiger partial charge in [-0.15, -0.1) is 11.3 Å². The van der Waals surface area contributed by atoms with Gasteiger partial charge in [0.1, 0.15) is 0 Å². The summed E-state index contributed by atoms with van der Waals surface area (Å²) in [6, 6.07) is 10.1. The van der Waals surface area contributed by atoms with E-state index in [2.05, 4.69) is 10.3 Å². The van der Waals surface area contributed by atoms with Crippen molar-refractivity contribution < 1.29 is 4.79 Å². The van der Waals surface area contributed by atoms with Crippen molar-refractivity contribution in [1.82, 2.24) is 10.3 Å². The lowest BCUT2D eigenvalue weighted by molar-refractivity contribution is -0.121. The number of hydrogen-bond acceptors (Lipinski definition) is 4. The van der Waals surface area contributed by atoms with Gasteiger partial charge in [-0.05, 0) is 19.9 Å². The Kier molecular flexibility index (Phi) is 4.31. The molecule has 1 unspecified atom stereocenters. The van der Waals surface area contributed by atoms with Crippen LogP contribution in [0.2, 0.25) is 0 Å². The summed E-state index contributed by atoms with van der Waals surface area (Å²) in [5.41, 5.74) is 2.03. The average molecular weight is 301 g/mol. The smallest absolute Gasteiger partial charge is 0.233 e. The summed E-state index contributed by atoms with van der Waals surface area (Å²) in [6.45, 7) is 4.38. The summed E-state index contributed by atoms with van der Waals surface area (Å²) < 4.78 is 0. The van der Waals surface area contributed by atoms with Gasteiger partial charge in [0.15, 0.2) is 5.13 Å². The van der Waals surface area contributed by atoms with Crippen LogP contribution >= 0.6 is 11.3 Å². The fourth-order valence-electron chi connectivity index (χ4n) is 2.60. The van der Waals surface area contributed by atoms with Gasteiger partial charge in [0, 0.05) is 24.0 Å². The molecule has 1 aromatic carbocycles. The van der Waals surface area contributed by atoms with Crippen LogP contribution in [0, 0.1) is 5.92 Å². The second-order valence-electron chi connectivity index (χ2n) is 5.15. The number of carbonyl (C=O) groups excluding carboxylic acids is 1. The molecule has 1 aliphatic heterocycles. The molecule has 1 aliphatic rings. The number of carbonyl (C=O) groups is 1. The SMILES string of the molecule is CCN(C(=O)C1CCNC1)c1nc(-c2ccccc2)cs1. The Morgan fingerprint density at radius 1 is 1.43 bits per heavy atom. The molecule has 2 heterocycles. The summed E-state index contributed by atoms with van der Waals surface area (Å²) >= 11 is 1.54. The van der Waals surface area contributed by atoms with E-state index >= 15 is 0 Å². The largest absolute Gasteiger partial charge is 0.316 e. The van der Waals surface area contributed by atoms with Crippen LogP contribution in [-0.4, -0.2) is 30.5 Å². The number of benzene rings is 1. The lowest BCUT2D eigenvalue weighted by Gasteiger charge is -2.21. The van der Waals surface area contributed by atoms with E-state index in [1.54, 1.807) is 0 Å². The fourth-order valence-corrected chi connectivity index (χ4v) is 3.50. The molecule has 1 aromatic heterocycles. The van der Waals surface area contributed by atoms with Crippen molar-refractivity contribution in [1.29, 1.82) is 0 Å². The molecule has 5 heteroatoms. The molecule has 1 N–H and O–H groups in total.